The van der Waals surface area contributed by atoms with E-state index in [-0.39, 0.29) is 41.6 Å². The van der Waals surface area contributed by atoms with Crippen molar-refractivity contribution >= 4 is 84.8 Å². The van der Waals surface area contributed by atoms with Crippen LogP contribution in [-0.2, 0) is 64.1 Å². The number of hydrogen-bond donors (Lipinski definition) is 13. The molecule has 2 aromatic rings. The fourth-order valence-electron chi connectivity index (χ4n) is 4.46. The summed E-state index contributed by atoms with van der Waals surface area (Å²) in [5.74, 6) is -1.08. The normalized spacial score (nSPS) is 21.3. The monoisotopic (exact) mass is 987 g/mol. The summed E-state index contributed by atoms with van der Waals surface area (Å²) in [6.45, 7) is 1.90. The number of ether oxygens (including phenoxy) is 1. The van der Waals surface area contributed by atoms with Crippen LogP contribution in [-0.4, -0.2) is 142 Å². The Morgan fingerprint density at radius 2 is 1.52 bits per heavy atom. The molecule has 60 heavy (non-hydrogen) atoms. The van der Waals surface area contributed by atoms with Crippen LogP contribution in [0.3, 0.4) is 0 Å². The number of carbonyl (C=O) groups is 3. The van der Waals surface area contributed by atoms with Crippen LogP contribution in [0.2, 0.25) is 0 Å². The third-order valence-corrected chi connectivity index (χ3v) is 12.6. The summed E-state index contributed by atoms with van der Waals surface area (Å²) >= 11 is 1.03. The molecule has 2 aromatic heterocycles. The molecule has 2 unspecified atom stereocenters. The van der Waals surface area contributed by atoms with Crippen molar-refractivity contribution < 1.29 is 113 Å². The number of nitrogens with one attached hydrogen (secondary N) is 2. The zero-order valence-electron chi connectivity index (χ0n) is 31.0. The summed E-state index contributed by atoms with van der Waals surface area (Å²) in [6.07, 6.45) is -6.88. The van der Waals surface area contributed by atoms with Crippen LogP contribution in [0.15, 0.2) is 12.7 Å². The number of imidazole rings is 1. The summed E-state index contributed by atoms with van der Waals surface area (Å²) in [4.78, 5) is 117. The number of anilines is 1. The molecule has 344 valence electrons. The van der Waals surface area contributed by atoms with Crippen molar-refractivity contribution in [2.45, 2.75) is 57.8 Å². The molecule has 1 saturated heterocycles. The molecule has 31 nitrogen and oxygen atoms in total. The van der Waals surface area contributed by atoms with Crippen molar-refractivity contribution in [3.63, 3.8) is 0 Å². The van der Waals surface area contributed by atoms with E-state index in [0.717, 1.165) is 29.0 Å². The van der Waals surface area contributed by atoms with Crippen LogP contribution in [0.1, 0.15) is 33.4 Å². The maximum Gasteiger partial charge on any atom is 0.481 e. The van der Waals surface area contributed by atoms with Gasteiger partial charge in [-0.1, -0.05) is 25.6 Å². The Morgan fingerprint density at radius 1 is 0.917 bits per heavy atom. The number of phosphoric ester groups is 3. The number of carbonyl (C=O) groups excluding carboxylic acids is 3. The first-order valence-corrected chi connectivity index (χ1v) is 24.6. The molecule has 1 fully saturated rings. The second kappa shape index (κ2) is 21.9. The molecule has 0 spiro atoms. The number of rotatable bonds is 21. The van der Waals surface area contributed by atoms with E-state index < -0.39 is 100 Å². The van der Waals surface area contributed by atoms with Gasteiger partial charge in [0.1, 0.15) is 36.3 Å². The molecule has 3 rings (SSSR count). The van der Waals surface area contributed by atoms with Crippen LogP contribution in [0, 0.1) is 5.41 Å². The molecule has 0 aromatic carbocycles. The Balaban J connectivity index is 0.00000123. The van der Waals surface area contributed by atoms with Gasteiger partial charge in [-0.25, -0.2) is 37.8 Å². The summed E-state index contributed by atoms with van der Waals surface area (Å²) in [5, 5.41) is 26.1. The molecule has 1 aliphatic rings. The number of fused-ring (bicyclic) bond motifs is 1. The minimum absolute atomic E-state index is 0.0310. The Bertz CT molecular complexity index is 2040. The van der Waals surface area contributed by atoms with E-state index in [2.05, 4.69) is 38.7 Å². The van der Waals surface area contributed by atoms with Gasteiger partial charge in [0.25, 0.3) is 0 Å². The molecule has 2 amide bonds. The number of aliphatic hydroxyl groups excluding tert-OH is 2. The average Bonchev–Trinajstić information content (AvgIpc) is 3.63. The lowest BCUT2D eigenvalue weighted by Crippen LogP contribution is -2.46. The highest BCUT2D eigenvalue weighted by Crippen LogP contribution is 2.61. The molecule has 0 bridgehead atoms. The van der Waals surface area contributed by atoms with Gasteiger partial charge in [-0.15, -0.1) is 0 Å². The number of nitrogen functional groups attached to an aromatic ring is 1. The molecule has 0 saturated carbocycles. The van der Waals surface area contributed by atoms with Crippen molar-refractivity contribution in [1.82, 2.24) is 30.2 Å². The van der Waals surface area contributed by atoms with E-state index in [1.54, 1.807) is 0 Å². The number of aromatic nitrogens is 4. The molecule has 37 heteroatoms. The topological polar surface area (TPSA) is 488 Å². The van der Waals surface area contributed by atoms with Crippen molar-refractivity contribution in [2.24, 2.45) is 5.41 Å². The van der Waals surface area contributed by atoms with Gasteiger partial charge in [0, 0.05) is 37.6 Å². The standard InChI is InChI=1S/C23H38N7O17P3S.H4O7P2/c1-12(31)51-7-6-25-14(32)4-5-26-21(35)18(34)23(2,3)9-44-50(41,42)47-49(39,40)43-8-13-17(46-48(36,37)38)16(33)22(45-13)30-11-29-15-19(24)27-10-28-20(15)30;1-8(2,3)7-9(4,5)6/h10-11,13,16-18,22,33-34H,4-9H2,1-3H3,(H,25,32)(H,26,35)(H,39,40)(H,41,42)(H2,24,27,28)(H2,36,37,38);(H2,1,2,3)(H2,4,5,6)/t13-,16-,17-,18+,22-;/m1./s1. The fraction of sp³-hybridized carbons (Fsp3) is 0.652. The quantitative estimate of drug-likeness (QED) is 0.0469. The summed E-state index contributed by atoms with van der Waals surface area (Å²) < 4.78 is 84.0. The van der Waals surface area contributed by atoms with Crippen LogP contribution < -0.4 is 16.4 Å². The predicted molar refractivity (Wildman–Crippen MR) is 198 cm³/mol. The van der Waals surface area contributed by atoms with E-state index in [1.165, 1.54) is 20.8 Å². The van der Waals surface area contributed by atoms with Crippen LogP contribution in [0.25, 0.3) is 11.2 Å². The van der Waals surface area contributed by atoms with Crippen molar-refractivity contribution in [1.29, 1.82) is 0 Å². The number of phosphoric acid groups is 5. The molecule has 1 aliphatic heterocycles. The van der Waals surface area contributed by atoms with Gasteiger partial charge >= 0.3 is 39.1 Å². The first-order chi connectivity index (χ1) is 27.2. The number of nitrogens with zero attached hydrogens (tertiary/aromatic N) is 4. The number of amides is 2. The fourth-order valence-corrected chi connectivity index (χ4v) is 8.89. The Kier molecular flexibility index (Phi) is 19.7. The van der Waals surface area contributed by atoms with Crippen LogP contribution in [0.5, 0.6) is 0 Å². The average molecular weight is 988 g/mol. The Labute approximate surface area is 341 Å². The van der Waals surface area contributed by atoms with E-state index in [9.17, 15) is 67.0 Å². The first-order valence-electron chi connectivity index (χ1n) is 16.1. The summed E-state index contributed by atoms with van der Waals surface area (Å²) in [5.41, 5.74) is 4.26. The van der Waals surface area contributed by atoms with Crippen molar-refractivity contribution in [3.05, 3.63) is 12.7 Å². The lowest BCUT2D eigenvalue weighted by Gasteiger charge is -2.30. The summed E-state index contributed by atoms with van der Waals surface area (Å²) in [6, 6.07) is 0. The maximum absolute atomic E-state index is 12.6. The zero-order valence-corrected chi connectivity index (χ0v) is 36.3. The van der Waals surface area contributed by atoms with Gasteiger partial charge in [0.15, 0.2) is 22.8 Å². The maximum atomic E-state index is 12.6. The minimum atomic E-state index is -5.56. The van der Waals surface area contributed by atoms with Gasteiger partial charge in [-0.3, -0.25) is 32.5 Å². The number of nitrogens with two attached hydrogens (primary N) is 1. The molecule has 0 radical (unpaired) electrons. The summed E-state index contributed by atoms with van der Waals surface area (Å²) in [7, 11) is -26.5. The molecule has 14 N–H and O–H groups in total. The van der Waals surface area contributed by atoms with Gasteiger partial charge < -0.3 is 70.5 Å². The molecular formula is C23H42N7O24P5S. The molecule has 0 aliphatic carbocycles. The Morgan fingerprint density at radius 3 is 2.07 bits per heavy atom. The van der Waals surface area contributed by atoms with Gasteiger partial charge in [0.05, 0.1) is 19.5 Å². The molecular weight excluding hydrogens is 945 g/mol. The van der Waals surface area contributed by atoms with Gasteiger partial charge in [-0.2, -0.15) is 8.62 Å². The minimum Gasteiger partial charge on any atom is -0.386 e. The van der Waals surface area contributed by atoms with Crippen molar-refractivity contribution in [3.8, 4) is 0 Å². The van der Waals surface area contributed by atoms with Crippen LogP contribution in [0.4, 0.5) is 5.82 Å². The second-order valence-corrected chi connectivity index (χ2v) is 20.6. The molecule has 3 heterocycles. The smallest absolute Gasteiger partial charge is 0.386 e. The van der Waals surface area contributed by atoms with E-state index in [0.29, 0.717) is 5.75 Å². The van der Waals surface area contributed by atoms with Gasteiger partial charge in [0.2, 0.25) is 11.8 Å². The lowest BCUT2D eigenvalue weighted by molar-refractivity contribution is -0.137. The lowest BCUT2D eigenvalue weighted by atomic mass is 9.87. The second-order valence-electron chi connectivity index (χ2n) is 12.5. The molecule has 7 atom stereocenters. The van der Waals surface area contributed by atoms with Crippen molar-refractivity contribution in [2.75, 3.05) is 37.8 Å². The van der Waals surface area contributed by atoms with Crippen LogP contribution >= 0.6 is 50.9 Å². The predicted octanol–water partition coefficient (Wildman–Crippen LogP) is -2.13. The van der Waals surface area contributed by atoms with Gasteiger partial charge in [-0.05, 0) is 0 Å². The first kappa shape index (κ1) is 54.0. The highest BCUT2D eigenvalue weighted by atomic mass is 32.2. The van der Waals surface area contributed by atoms with E-state index in [4.69, 9.17) is 39.1 Å². The highest BCUT2D eigenvalue weighted by Gasteiger charge is 2.50. The number of aliphatic hydroxyl groups is 2. The largest absolute Gasteiger partial charge is 0.481 e. The third-order valence-electron chi connectivity index (χ3n) is 7.02. The number of thioether (sulfide) groups is 1. The zero-order chi connectivity index (χ0) is 46.1. The van der Waals surface area contributed by atoms with E-state index >= 15 is 0 Å². The Hall–Kier alpha value is -2.18. The number of hydrogen-bond acceptors (Lipinski definition) is 21. The SMILES string of the molecule is CC(=O)SCCNC(=O)CCNC(=O)[C@H](O)C(C)(C)COP(=O)(O)OP(=O)(O)OC[C@H]1O[C@@H](n2cnc3c(N)ncnc32)[C@H](O)[C@@H]1OP(=O)(O)O.O=P(O)(O)OP(=O)(O)O. The highest BCUT2D eigenvalue weighted by molar-refractivity contribution is 8.13. The third kappa shape index (κ3) is 19.1. The van der Waals surface area contributed by atoms with E-state index in [1.807, 2.05) is 0 Å².